The van der Waals surface area contributed by atoms with Gasteiger partial charge in [0, 0.05) is 77.5 Å². The number of likely N-dealkylation sites (tertiary alicyclic amines) is 1. The third kappa shape index (κ3) is 15.1. The van der Waals surface area contributed by atoms with Crippen LogP contribution in [0.2, 0.25) is 0 Å². The van der Waals surface area contributed by atoms with Gasteiger partial charge in [-0.2, -0.15) is 0 Å². The number of aliphatic hydroxyl groups is 1. The van der Waals surface area contributed by atoms with E-state index in [9.17, 15) is 34.5 Å². The summed E-state index contributed by atoms with van der Waals surface area (Å²) in [5.74, 6) is 0.308. The molecule has 4 amide bonds. The number of aromatic nitrogens is 1. The molecular weight excluding hydrogens is 966 g/mol. The molecule has 0 bridgehead atoms. The lowest BCUT2D eigenvalue weighted by Gasteiger charge is -2.36. The second-order valence-electron chi connectivity index (χ2n) is 19.7. The van der Waals surface area contributed by atoms with Crippen molar-refractivity contribution >= 4 is 57.7 Å². The summed E-state index contributed by atoms with van der Waals surface area (Å²) >= 11 is 7.87. The van der Waals surface area contributed by atoms with Crippen molar-refractivity contribution in [1.82, 2.24) is 35.6 Å². The summed E-state index contributed by atoms with van der Waals surface area (Å²) in [5, 5.41) is 39.4. The fourth-order valence-electron chi connectivity index (χ4n) is 9.25. The Morgan fingerprint density at radius 3 is 1.92 bits per heavy atom. The Morgan fingerprint density at radius 2 is 1.36 bits per heavy atom. The van der Waals surface area contributed by atoms with E-state index < -0.39 is 29.5 Å². The summed E-state index contributed by atoms with van der Waals surface area (Å²) < 4.78 is 5.99. The van der Waals surface area contributed by atoms with Crippen LogP contribution in [0.5, 0.6) is 17.2 Å². The molecule has 73 heavy (non-hydrogen) atoms. The molecule has 2 saturated heterocycles. The molecule has 3 atom stereocenters. The number of carbonyl (C=O) groups excluding carboxylic acids is 4. The summed E-state index contributed by atoms with van der Waals surface area (Å²) in [6.45, 7) is 12.6. The minimum atomic E-state index is -0.904. The van der Waals surface area contributed by atoms with Gasteiger partial charge in [-0.15, -0.1) is 22.9 Å². The number of rotatable bonds is 21. The average Bonchev–Trinajstić information content (AvgIpc) is 4.00. The number of phenols is 2. The highest BCUT2D eigenvalue weighted by atomic mass is 35.5. The van der Waals surface area contributed by atoms with Gasteiger partial charge < -0.3 is 50.7 Å². The summed E-state index contributed by atoms with van der Waals surface area (Å²) in [5.41, 5.74) is 8.78. The van der Waals surface area contributed by atoms with Crippen molar-refractivity contribution in [1.29, 1.82) is 0 Å². The van der Waals surface area contributed by atoms with Crippen molar-refractivity contribution in [3.8, 4) is 27.7 Å². The number of nitrogens with zero attached hydrogens (tertiary/aromatic N) is 4. The molecular formula is C56H68ClN7O8S. The van der Waals surface area contributed by atoms with Crippen LogP contribution in [-0.2, 0) is 25.7 Å². The Kier molecular flexibility index (Phi) is 19.1. The van der Waals surface area contributed by atoms with Crippen LogP contribution in [0.1, 0.15) is 74.4 Å². The fraction of sp³-hybridized carbons (Fsp3) is 0.411. The van der Waals surface area contributed by atoms with E-state index >= 15 is 0 Å². The smallest absolute Gasteiger partial charge is 0.246 e. The number of phenolic OH excluding ortho intramolecular Hbond substituents is 2. The molecule has 7 rings (SSSR count). The number of β-amino-alcohol motifs (C(OH)–C–C–N with tert-alkyl or cyclic N) is 1. The van der Waals surface area contributed by atoms with Crippen LogP contribution in [0, 0.1) is 12.3 Å². The summed E-state index contributed by atoms with van der Waals surface area (Å²) in [7, 11) is 0. The molecule has 2 aliphatic heterocycles. The van der Waals surface area contributed by atoms with Gasteiger partial charge in [-0.1, -0.05) is 81.4 Å². The Labute approximate surface area is 437 Å². The number of allylic oxidation sites excluding steroid dienone is 1. The number of aryl methyl sites for hydroxylation is 1. The predicted octanol–water partition coefficient (Wildman–Crippen LogP) is 6.82. The fourth-order valence-corrected chi connectivity index (χ4v) is 10.2. The zero-order chi connectivity index (χ0) is 52.1. The van der Waals surface area contributed by atoms with Crippen LogP contribution < -0.4 is 20.7 Å². The lowest BCUT2D eigenvalue weighted by atomic mass is 9.85. The maximum absolute atomic E-state index is 14.1. The van der Waals surface area contributed by atoms with Gasteiger partial charge in [0.05, 0.1) is 28.7 Å². The number of benzene rings is 4. The van der Waals surface area contributed by atoms with Crippen LogP contribution in [-0.4, -0.2) is 142 Å². The molecule has 3 heterocycles. The number of hydrogen-bond acceptors (Lipinski definition) is 12. The predicted molar refractivity (Wildman–Crippen MR) is 286 cm³/mol. The van der Waals surface area contributed by atoms with Gasteiger partial charge >= 0.3 is 0 Å². The van der Waals surface area contributed by atoms with E-state index in [1.807, 2.05) is 106 Å². The van der Waals surface area contributed by atoms with E-state index in [4.69, 9.17) is 16.3 Å². The van der Waals surface area contributed by atoms with Gasteiger partial charge in [-0.05, 0) is 94.1 Å². The van der Waals surface area contributed by atoms with Crippen molar-refractivity contribution in [3.05, 3.63) is 131 Å². The standard InChI is InChI=1S/C56H68ClN7O8S/c1-37-52(73-36-60-37)42-7-5-38(6-8-42)34-59-54(70)48-33-45(67)35-64(48)55(71)53(56(2,3)4)61-50(69)23-27-63-30-28-62(29-31-63)26-22-49(68)58-25-32-72-46-19-13-41(14-20-46)51(40-11-17-44(66)18-12-40)47(21-24-57)39-9-15-43(65)16-10-39/h5-20,36,45,48,53,65-67H,21-35H2,1-4H3,(H,58,68)(H,59,70)(H,61,69)/t45-,48+,53-/m1/s1. The minimum Gasteiger partial charge on any atom is -0.508 e. The Hall–Kier alpha value is -6.30. The Morgan fingerprint density at radius 1 is 0.781 bits per heavy atom. The lowest BCUT2D eigenvalue weighted by molar-refractivity contribution is -0.144. The molecule has 17 heteroatoms. The van der Waals surface area contributed by atoms with Crippen LogP contribution in [0.4, 0.5) is 0 Å². The zero-order valence-corrected chi connectivity index (χ0v) is 43.7. The average molecular weight is 1030 g/mol. The SMILES string of the molecule is Cc1ncsc1-c1ccc(CNC(=O)[C@@H]2C[C@@H](O)CN2C(=O)[C@@H](NC(=O)CCN2CCN(CCC(=O)NCCOc3ccc(C(=C(CCCl)c4ccc(O)cc4)c4ccc(O)cc4)cc3)CC2)C(C)(C)C)cc1. The molecule has 6 N–H and O–H groups in total. The number of amides is 4. The van der Waals surface area contributed by atoms with Crippen molar-refractivity contribution in [3.63, 3.8) is 0 Å². The van der Waals surface area contributed by atoms with Gasteiger partial charge in [0.25, 0.3) is 0 Å². The molecule has 0 aliphatic carbocycles. The molecule has 2 aliphatic rings. The van der Waals surface area contributed by atoms with Crippen LogP contribution >= 0.6 is 22.9 Å². The van der Waals surface area contributed by atoms with E-state index in [1.54, 1.807) is 35.6 Å². The second kappa shape index (κ2) is 25.6. The number of aliphatic hydroxyl groups excluding tert-OH is 1. The van der Waals surface area contributed by atoms with E-state index in [-0.39, 0.29) is 61.8 Å². The van der Waals surface area contributed by atoms with Crippen LogP contribution in [0.25, 0.3) is 21.6 Å². The number of aromatic hydroxyl groups is 2. The zero-order valence-electron chi connectivity index (χ0n) is 42.1. The quantitative estimate of drug-likeness (QED) is 0.0257. The summed E-state index contributed by atoms with van der Waals surface area (Å²) in [4.78, 5) is 65.1. The maximum atomic E-state index is 14.1. The topological polar surface area (TPSA) is 197 Å². The minimum absolute atomic E-state index is 0.00465. The largest absolute Gasteiger partial charge is 0.508 e. The van der Waals surface area contributed by atoms with Gasteiger partial charge in [0.2, 0.25) is 23.6 Å². The van der Waals surface area contributed by atoms with Crippen molar-refractivity contribution < 1.29 is 39.2 Å². The van der Waals surface area contributed by atoms with Gasteiger partial charge in [0.15, 0.2) is 0 Å². The maximum Gasteiger partial charge on any atom is 0.246 e. The first-order chi connectivity index (χ1) is 35.1. The normalized spacial score (nSPS) is 17.2. The first kappa shape index (κ1) is 54.5. The highest BCUT2D eigenvalue weighted by Crippen LogP contribution is 2.37. The Balaban J connectivity index is 0.809. The Bertz CT molecular complexity index is 2660. The lowest BCUT2D eigenvalue weighted by Crippen LogP contribution is -2.58. The van der Waals surface area contributed by atoms with Crippen molar-refractivity contribution in [2.75, 3.05) is 64.8 Å². The summed E-state index contributed by atoms with van der Waals surface area (Å²) in [6, 6.07) is 27.9. The number of nitrogens with one attached hydrogen (secondary N) is 3. The van der Waals surface area contributed by atoms with Gasteiger partial charge in [-0.3, -0.25) is 19.2 Å². The highest BCUT2D eigenvalue weighted by molar-refractivity contribution is 7.13. The third-order valence-electron chi connectivity index (χ3n) is 13.3. The molecule has 0 unspecified atom stereocenters. The number of hydrogen-bond donors (Lipinski definition) is 6. The molecule has 388 valence electrons. The number of piperazine rings is 1. The van der Waals surface area contributed by atoms with Crippen molar-refractivity contribution in [2.24, 2.45) is 5.41 Å². The molecule has 0 radical (unpaired) electrons. The number of ether oxygens (including phenoxy) is 1. The van der Waals surface area contributed by atoms with Crippen molar-refractivity contribution in [2.45, 2.75) is 78.1 Å². The third-order valence-corrected chi connectivity index (χ3v) is 14.5. The van der Waals surface area contributed by atoms with E-state index in [1.165, 1.54) is 4.90 Å². The molecule has 0 saturated carbocycles. The molecule has 4 aromatic carbocycles. The molecule has 1 aromatic heterocycles. The summed E-state index contributed by atoms with van der Waals surface area (Å²) in [6.07, 6.45) is 0.365. The van der Waals surface area contributed by atoms with Gasteiger partial charge in [-0.25, -0.2) is 4.98 Å². The first-order valence-electron chi connectivity index (χ1n) is 24.9. The molecule has 2 fully saturated rings. The molecule has 15 nitrogen and oxygen atoms in total. The highest BCUT2D eigenvalue weighted by Gasteiger charge is 2.44. The number of thiazole rings is 1. The van der Waals surface area contributed by atoms with Crippen LogP contribution in [0.15, 0.2) is 103 Å². The van der Waals surface area contributed by atoms with E-state index in [0.29, 0.717) is 44.1 Å². The number of halogens is 1. The number of carbonyl (C=O) groups is 4. The second-order valence-corrected chi connectivity index (χ2v) is 21.0. The van der Waals surface area contributed by atoms with Crippen LogP contribution in [0.3, 0.4) is 0 Å². The number of alkyl halides is 1. The van der Waals surface area contributed by atoms with Gasteiger partial charge in [0.1, 0.15) is 35.9 Å². The first-order valence-corrected chi connectivity index (χ1v) is 26.3. The monoisotopic (exact) mass is 1030 g/mol. The molecule has 0 spiro atoms. The molecule has 5 aromatic rings. The van der Waals surface area contributed by atoms with E-state index in [0.717, 1.165) is 75.7 Å². The van der Waals surface area contributed by atoms with E-state index in [2.05, 4.69) is 30.7 Å².